The third-order valence-corrected chi connectivity index (χ3v) is 4.51. The number of likely N-dealkylation sites (tertiary alicyclic amines) is 1. The molecule has 3 rings (SSSR count). The second-order valence-electron chi connectivity index (χ2n) is 5.94. The van der Waals surface area contributed by atoms with Crippen molar-refractivity contribution in [2.75, 3.05) is 20.2 Å². The zero-order chi connectivity index (χ0) is 15.5. The molecular weight excluding hydrogens is 278 g/mol. The highest BCUT2D eigenvalue weighted by atomic mass is 16.5. The Kier molecular flexibility index (Phi) is 4.34. The van der Waals surface area contributed by atoms with Crippen LogP contribution < -0.4 is 4.74 Å². The van der Waals surface area contributed by atoms with Gasteiger partial charge in [-0.05, 0) is 49.7 Å². The van der Waals surface area contributed by atoms with Crippen LogP contribution in [0.5, 0.6) is 11.5 Å². The van der Waals surface area contributed by atoms with Crippen LogP contribution in [-0.2, 0) is 13.6 Å². The first-order chi connectivity index (χ1) is 10.7. The van der Waals surface area contributed by atoms with Gasteiger partial charge in [-0.25, -0.2) is 0 Å². The lowest BCUT2D eigenvalue weighted by Crippen LogP contribution is -2.33. The van der Waals surface area contributed by atoms with E-state index in [1.165, 1.54) is 5.69 Å². The molecule has 0 amide bonds. The molecule has 0 aliphatic carbocycles. The van der Waals surface area contributed by atoms with Crippen molar-refractivity contribution in [1.82, 2.24) is 14.7 Å². The van der Waals surface area contributed by atoms with E-state index in [-0.39, 0.29) is 5.75 Å². The Labute approximate surface area is 131 Å². The molecule has 118 valence electrons. The van der Waals surface area contributed by atoms with E-state index in [1.807, 2.05) is 30.1 Å². The van der Waals surface area contributed by atoms with Crippen LogP contribution in [0.1, 0.15) is 30.0 Å². The molecule has 1 aromatic carbocycles. The monoisotopic (exact) mass is 301 g/mol. The quantitative estimate of drug-likeness (QED) is 0.943. The van der Waals surface area contributed by atoms with Crippen LogP contribution in [0.2, 0.25) is 0 Å². The Morgan fingerprint density at radius 2 is 2.05 bits per heavy atom. The van der Waals surface area contributed by atoms with Crippen LogP contribution in [-0.4, -0.2) is 40.0 Å². The van der Waals surface area contributed by atoms with Crippen LogP contribution in [0, 0.1) is 0 Å². The SMILES string of the molecule is COc1ccc(CN2CCC(c3ccnn3C)CC2)cc1O. The van der Waals surface area contributed by atoms with Crippen LogP contribution in [0.15, 0.2) is 30.5 Å². The minimum absolute atomic E-state index is 0.213. The molecule has 1 saturated heterocycles. The van der Waals surface area contributed by atoms with Crippen molar-refractivity contribution >= 4 is 0 Å². The molecule has 1 aromatic heterocycles. The number of hydrogen-bond donors (Lipinski definition) is 1. The van der Waals surface area contributed by atoms with Crippen molar-refractivity contribution in [2.24, 2.45) is 7.05 Å². The predicted molar refractivity (Wildman–Crippen MR) is 85.1 cm³/mol. The molecule has 0 saturated carbocycles. The summed E-state index contributed by atoms with van der Waals surface area (Å²) in [5.74, 6) is 1.34. The number of phenolic OH excluding ortho intramolecular Hbond substituents is 1. The Hall–Kier alpha value is -2.01. The summed E-state index contributed by atoms with van der Waals surface area (Å²) in [6.45, 7) is 3.01. The van der Waals surface area contributed by atoms with Gasteiger partial charge in [0.15, 0.2) is 11.5 Å². The maximum absolute atomic E-state index is 9.87. The van der Waals surface area contributed by atoms with E-state index < -0.39 is 0 Å². The van der Waals surface area contributed by atoms with Crippen molar-refractivity contribution in [3.8, 4) is 11.5 Å². The second-order valence-corrected chi connectivity index (χ2v) is 5.94. The van der Waals surface area contributed by atoms with Crippen LogP contribution >= 0.6 is 0 Å². The summed E-state index contributed by atoms with van der Waals surface area (Å²) in [5.41, 5.74) is 2.46. The summed E-state index contributed by atoms with van der Waals surface area (Å²) in [5, 5.41) is 14.1. The Morgan fingerprint density at radius 1 is 1.27 bits per heavy atom. The summed E-state index contributed by atoms with van der Waals surface area (Å²) in [6.07, 6.45) is 4.19. The summed E-state index contributed by atoms with van der Waals surface area (Å²) >= 11 is 0. The molecule has 2 heterocycles. The minimum atomic E-state index is 0.213. The first kappa shape index (κ1) is 14.9. The number of aromatic hydroxyl groups is 1. The van der Waals surface area contributed by atoms with Gasteiger partial charge in [-0.1, -0.05) is 6.07 Å². The average molecular weight is 301 g/mol. The topological polar surface area (TPSA) is 50.5 Å². The van der Waals surface area contributed by atoms with Crippen LogP contribution in [0.25, 0.3) is 0 Å². The number of hydrogen-bond acceptors (Lipinski definition) is 4. The minimum Gasteiger partial charge on any atom is -0.504 e. The number of ether oxygens (including phenoxy) is 1. The lowest BCUT2D eigenvalue weighted by Gasteiger charge is -2.32. The molecule has 1 aliphatic rings. The van der Waals surface area contributed by atoms with Gasteiger partial charge in [0.25, 0.3) is 0 Å². The van der Waals surface area contributed by atoms with Crippen LogP contribution in [0.4, 0.5) is 0 Å². The molecule has 1 fully saturated rings. The Balaban J connectivity index is 1.58. The molecule has 0 spiro atoms. The number of aromatic nitrogens is 2. The van der Waals surface area contributed by atoms with Crippen molar-refractivity contribution in [3.63, 3.8) is 0 Å². The van der Waals surface area contributed by atoms with E-state index >= 15 is 0 Å². The smallest absolute Gasteiger partial charge is 0.160 e. The third kappa shape index (κ3) is 3.09. The van der Waals surface area contributed by atoms with Gasteiger partial charge in [0, 0.05) is 31.4 Å². The number of aryl methyl sites for hydroxylation is 1. The molecule has 0 radical (unpaired) electrons. The molecule has 0 atom stereocenters. The lowest BCUT2D eigenvalue weighted by molar-refractivity contribution is 0.201. The molecular formula is C17H23N3O2. The number of methoxy groups -OCH3 is 1. The fraction of sp³-hybridized carbons (Fsp3) is 0.471. The van der Waals surface area contributed by atoms with Crippen LogP contribution in [0.3, 0.4) is 0 Å². The Bertz CT molecular complexity index is 631. The van der Waals surface area contributed by atoms with Gasteiger partial charge in [-0.3, -0.25) is 9.58 Å². The summed E-state index contributed by atoms with van der Waals surface area (Å²) in [6, 6.07) is 7.77. The maximum Gasteiger partial charge on any atom is 0.160 e. The number of nitrogens with zero attached hydrogens (tertiary/aromatic N) is 3. The maximum atomic E-state index is 9.87. The standard InChI is InChI=1S/C17H23N3O2/c1-19-15(5-8-18-19)14-6-9-20(10-7-14)12-13-3-4-17(22-2)16(21)11-13/h3-5,8,11,14,21H,6-7,9-10,12H2,1-2H3. The zero-order valence-electron chi connectivity index (χ0n) is 13.2. The van der Waals surface area contributed by atoms with Gasteiger partial charge < -0.3 is 9.84 Å². The molecule has 1 aliphatic heterocycles. The first-order valence-corrected chi connectivity index (χ1v) is 7.73. The predicted octanol–water partition coefficient (Wildman–Crippen LogP) is 2.51. The normalized spacial score (nSPS) is 16.8. The highest BCUT2D eigenvalue weighted by molar-refractivity contribution is 5.41. The molecule has 22 heavy (non-hydrogen) atoms. The third-order valence-electron chi connectivity index (χ3n) is 4.51. The average Bonchev–Trinajstić information content (AvgIpc) is 2.94. The van der Waals surface area contributed by atoms with Crippen molar-refractivity contribution in [2.45, 2.75) is 25.3 Å². The fourth-order valence-electron chi connectivity index (χ4n) is 3.26. The number of rotatable bonds is 4. The molecule has 0 bridgehead atoms. The summed E-state index contributed by atoms with van der Waals surface area (Å²) in [4.78, 5) is 2.44. The first-order valence-electron chi connectivity index (χ1n) is 7.73. The number of benzene rings is 1. The van der Waals surface area contributed by atoms with E-state index in [4.69, 9.17) is 4.74 Å². The molecule has 1 N–H and O–H groups in total. The second kappa shape index (κ2) is 6.40. The van der Waals surface area contributed by atoms with E-state index in [0.29, 0.717) is 11.7 Å². The lowest BCUT2D eigenvalue weighted by atomic mass is 9.93. The molecule has 5 heteroatoms. The van der Waals surface area contributed by atoms with Gasteiger partial charge >= 0.3 is 0 Å². The Morgan fingerprint density at radius 3 is 2.64 bits per heavy atom. The van der Waals surface area contributed by atoms with E-state index in [2.05, 4.69) is 16.1 Å². The van der Waals surface area contributed by atoms with E-state index in [1.54, 1.807) is 13.2 Å². The molecule has 0 unspecified atom stereocenters. The van der Waals surface area contributed by atoms with Gasteiger partial charge in [0.05, 0.1) is 7.11 Å². The van der Waals surface area contributed by atoms with Gasteiger partial charge in [-0.15, -0.1) is 0 Å². The van der Waals surface area contributed by atoms with Gasteiger partial charge in [0.2, 0.25) is 0 Å². The largest absolute Gasteiger partial charge is 0.504 e. The van der Waals surface area contributed by atoms with Gasteiger partial charge in [-0.2, -0.15) is 5.10 Å². The van der Waals surface area contributed by atoms with Crippen molar-refractivity contribution in [1.29, 1.82) is 0 Å². The van der Waals surface area contributed by atoms with Gasteiger partial charge in [0.1, 0.15) is 0 Å². The highest BCUT2D eigenvalue weighted by Crippen LogP contribution is 2.30. The highest BCUT2D eigenvalue weighted by Gasteiger charge is 2.22. The molecule has 2 aromatic rings. The fourth-order valence-corrected chi connectivity index (χ4v) is 3.26. The van der Waals surface area contributed by atoms with Crippen molar-refractivity contribution < 1.29 is 9.84 Å². The van der Waals surface area contributed by atoms with E-state index in [0.717, 1.165) is 38.0 Å². The summed E-state index contributed by atoms with van der Waals surface area (Å²) in [7, 11) is 3.58. The summed E-state index contributed by atoms with van der Waals surface area (Å²) < 4.78 is 7.07. The zero-order valence-corrected chi connectivity index (χ0v) is 13.2. The molecule has 5 nitrogen and oxygen atoms in total. The van der Waals surface area contributed by atoms with Crippen molar-refractivity contribution in [3.05, 3.63) is 41.7 Å². The number of phenols is 1. The number of piperidine rings is 1. The van der Waals surface area contributed by atoms with E-state index in [9.17, 15) is 5.11 Å².